The van der Waals surface area contributed by atoms with Gasteiger partial charge in [-0.15, -0.1) is 0 Å². The number of fused-ring (bicyclic) bond motifs is 1. The molecule has 1 aliphatic rings. The summed E-state index contributed by atoms with van der Waals surface area (Å²) in [6, 6.07) is 7.69. The molecule has 1 unspecified atom stereocenters. The Balaban J connectivity index is 1.94. The summed E-state index contributed by atoms with van der Waals surface area (Å²) < 4.78 is 7.31. The van der Waals surface area contributed by atoms with Crippen LogP contribution in [0.25, 0.3) is 0 Å². The third kappa shape index (κ3) is 2.94. The first-order chi connectivity index (χ1) is 11.1. The van der Waals surface area contributed by atoms with Gasteiger partial charge in [-0.25, -0.2) is 0 Å². The van der Waals surface area contributed by atoms with Gasteiger partial charge in [-0.2, -0.15) is 5.10 Å². The molecule has 0 bridgehead atoms. The van der Waals surface area contributed by atoms with Gasteiger partial charge in [-0.05, 0) is 31.5 Å². The van der Waals surface area contributed by atoms with Crippen LogP contribution in [0, 0.1) is 6.92 Å². The van der Waals surface area contributed by atoms with Gasteiger partial charge in [0.15, 0.2) is 5.82 Å². The molecular formula is C17H21N3O3. The lowest BCUT2D eigenvalue weighted by Gasteiger charge is -2.23. The Labute approximate surface area is 135 Å². The Bertz CT molecular complexity index is 707. The predicted molar refractivity (Wildman–Crippen MR) is 86.8 cm³/mol. The molecule has 1 atom stereocenters. The smallest absolute Gasteiger partial charge is 0.226 e. The summed E-state index contributed by atoms with van der Waals surface area (Å²) >= 11 is 0. The summed E-state index contributed by atoms with van der Waals surface area (Å²) in [7, 11) is 0. The molecule has 1 aromatic heterocycles. The molecule has 3 rings (SSSR count). The van der Waals surface area contributed by atoms with Crippen molar-refractivity contribution in [3.05, 3.63) is 41.1 Å². The number of rotatable bonds is 5. The Hall–Kier alpha value is -2.34. The average molecular weight is 315 g/mol. The number of nitrogens with one attached hydrogen (secondary N) is 1. The number of aliphatic hydroxyl groups excluding tert-OH is 1. The molecule has 122 valence electrons. The molecular weight excluding hydrogens is 294 g/mol. The molecule has 0 aliphatic carbocycles. The van der Waals surface area contributed by atoms with Crippen LogP contribution in [0.1, 0.15) is 36.1 Å². The van der Waals surface area contributed by atoms with Crippen molar-refractivity contribution in [2.24, 2.45) is 0 Å². The summed E-state index contributed by atoms with van der Waals surface area (Å²) in [5.41, 5.74) is 3.25. The van der Waals surface area contributed by atoms with Gasteiger partial charge < -0.3 is 15.2 Å². The summed E-state index contributed by atoms with van der Waals surface area (Å²) in [5, 5.41) is 16.2. The van der Waals surface area contributed by atoms with Gasteiger partial charge in [0.2, 0.25) is 5.91 Å². The lowest BCUT2D eigenvalue weighted by Crippen LogP contribution is -2.23. The fourth-order valence-electron chi connectivity index (χ4n) is 3.09. The highest BCUT2D eigenvalue weighted by Crippen LogP contribution is 2.39. The Kier molecular flexibility index (Phi) is 4.34. The van der Waals surface area contributed by atoms with Crippen molar-refractivity contribution >= 4 is 11.7 Å². The van der Waals surface area contributed by atoms with E-state index in [4.69, 9.17) is 9.84 Å². The van der Waals surface area contributed by atoms with E-state index in [0.29, 0.717) is 18.0 Å². The number of anilines is 1. The van der Waals surface area contributed by atoms with Crippen molar-refractivity contribution in [3.8, 4) is 5.75 Å². The summed E-state index contributed by atoms with van der Waals surface area (Å²) in [6.45, 7) is 5.12. The van der Waals surface area contributed by atoms with Gasteiger partial charge in [0.1, 0.15) is 12.4 Å². The highest BCUT2D eigenvalue weighted by Gasteiger charge is 2.31. The van der Waals surface area contributed by atoms with Gasteiger partial charge in [0.25, 0.3) is 0 Å². The molecule has 6 nitrogen and oxygen atoms in total. The summed E-state index contributed by atoms with van der Waals surface area (Å²) in [6.07, 6.45) is 0.417. The first-order valence-electron chi connectivity index (χ1n) is 7.84. The fraction of sp³-hybridized carbons (Fsp3) is 0.412. The number of hydrogen-bond acceptors (Lipinski definition) is 4. The van der Waals surface area contributed by atoms with E-state index in [9.17, 15) is 4.79 Å². The molecule has 2 aromatic rings. The van der Waals surface area contributed by atoms with E-state index in [-0.39, 0.29) is 25.0 Å². The first kappa shape index (κ1) is 15.6. The number of aryl methyl sites for hydroxylation is 1. The van der Waals surface area contributed by atoms with Crippen LogP contribution >= 0.6 is 0 Å². The van der Waals surface area contributed by atoms with E-state index in [1.807, 2.05) is 42.8 Å². The number of ether oxygens (including phenoxy) is 1. The normalized spacial score (nSPS) is 16.8. The molecule has 2 heterocycles. The zero-order valence-electron chi connectivity index (χ0n) is 13.4. The van der Waals surface area contributed by atoms with Crippen molar-refractivity contribution in [1.29, 1.82) is 0 Å². The third-order valence-corrected chi connectivity index (χ3v) is 4.19. The molecule has 0 fully saturated rings. The second-order valence-electron chi connectivity index (χ2n) is 5.61. The van der Waals surface area contributed by atoms with Gasteiger partial charge in [-0.3, -0.25) is 9.48 Å². The Morgan fingerprint density at radius 1 is 1.39 bits per heavy atom. The minimum atomic E-state index is -0.0106. The topological polar surface area (TPSA) is 76.4 Å². The largest absolute Gasteiger partial charge is 0.491 e. The van der Waals surface area contributed by atoms with Crippen LogP contribution in [0.15, 0.2) is 24.3 Å². The first-order valence-corrected chi connectivity index (χ1v) is 7.84. The molecule has 0 saturated heterocycles. The van der Waals surface area contributed by atoms with E-state index < -0.39 is 0 Å². The highest BCUT2D eigenvalue weighted by atomic mass is 16.5. The van der Waals surface area contributed by atoms with Crippen molar-refractivity contribution < 1.29 is 14.6 Å². The van der Waals surface area contributed by atoms with Crippen molar-refractivity contribution in [1.82, 2.24) is 9.78 Å². The second-order valence-corrected chi connectivity index (χ2v) is 5.61. The van der Waals surface area contributed by atoms with Crippen LogP contribution in [0.5, 0.6) is 5.75 Å². The van der Waals surface area contributed by atoms with E-state index in [2.05, 4.69) is 10.4 Å². The second kappa shape index (κ2) is 6.42. The van der Waals surface area contributed by atoms with E-state index in [1.165, 1.54) is 0 Å². The molecule has 2 N–H and O–H groups in total. The monoisotopic (exact) mass is 315 g/mol. The number of carbonyl (C=O) groups is 1. The molecule has 1 aliphatic heterocycles. The van der Waals surface area contributed by atoms with Crippen molar-refractivity contribution in [3.63, 3.8) is 0 Å². The Morgan fingerprint density at radius 3 is 2.78 bits per heavy atom. The highest BCUT2D eigenvalue weighted by molar-refractivity contribution is 5.94. The number of hydrogen-bond donors (Lipinski definition) is 2. The quantitative estimate of drug-likeness (QED) is 0.885. The van der Waals surface area contributed by atoms with Crippen molar-refractivity contribution in [2.75, 3.05) is 18.5 Å². The molecule has 0 saturated carbocycles. The van der Waals surface area contributed by atoms with E-state index >= 15 is 0 Å². The number of nitrogens with zero attached hydrogens (tertiary/aromatic N) is 2. The Morgan fingerprint density at radius 2 is 2.13 bits per heavy atom. The van der Waals surface area contributed by atoms with Gasteiger partial charge in [-0.1, -0.05) is 12.1 Å². The predicted octanol–water partition coefficient (Wildman–Crippen LogP) is 2.06. The summed E-state index contributed by atoms with van der Waals surface area (Å²) in [4.78, 5) is 12.0. The average Bonchev–Trinajstić information content (AvgIpc) is 2.88. The maximum atomic E-state index is 12.0. The molecule has 0 spiro atoms. The molecule has 1 amide bonds. The molecule has 6 heteroatoms. The number of aliphatic hydroxyl groups is 1. The number of carbonyl (C=O) groups excluding carboxylic acids is 1. The number of amides is 1. The van der Waals surface area contributed by atoms with Crippen LogP contribution in [0.3, 0.4) is 0 Å². The zero-order chi connectivity index (χ0) is 16.4. The minimum Gasteiger partial charge on any atom is -0.491 e. The summed E-state index contributed by atoms with van der Waals surface area (Å²) in [5.74, 6) is 1.38. The third-order valence-electron chi connectivity index (χ3n) is 4.19. The lowest BCUT2D eigenvalue weighted by molar-refractivity contribution is -0.116. The minimum absolute atomic E-state index is 0.00550. The van der Waals surface area contributed by atoms with Crippen LogP contribution in [-0.2, 0) is 11.3 Å². The molecule has 1 aromatic carbocycles. The van der Waals surface area contributed by atoms with E-state index in [0.717, 1.165) is 23.4 Å². The van der Waals surface area contributed by atoms with E-state index in [1.54, 1.807) is 0 Å². The SMILES string of the molecule is CCn1nc2c(c1C)C(c1ccc(OCCO)cc1)CC(=O)N2. The standard InChI is InChI=1S/C17H21N3O3/c1-3-20-11(2)16-14(10-15(22)18-17(16)19-20)12-4-6-13(7-5-12)23-9-8-21/h4-7,14,21H,3,8-10H2,1-2H3,(H,18,19,22). The number of benzene rings is 1. The van der Waals surface area contributed by atoms with Crippen molar-refractivity contribution in [2.45, 2.75) is 32.7 Å². The molecule has 0 radical (unpaired) electrons. The van der Waals surface area contributed by atoms with Crippen LogP contribution < -0.4 is 10.1 Å². The van der Waals surface area contributed by atoms with Gasteiger partial charge >= 0.3 is 0 Å². The molecule has 23 heavy (non-hydrogen) atoms. The van der Waals surface area contributed by atoms with Crippen LogP contribution in [0.4, 0.5) is 5.82 Å². The van der Waals surface area contributed by atoms with Crippen LogP contribution in [-0.4, -0.2) is 34.0 Å². The van der Waals surface area contributed by atoms with Crippen LogP contribution in [0.2, 0.25) is 0 Å². The fourth-order valence-corrected chi connectivity index (χ4v) is 3.09. The zero-order valence-corrected chi connectivity index (χ0v) is 13.4. The van der Waals surface area contributed by atoms with Gasteiger partial charge in [0, 0.05) is 30.1 Å². The van der Waals surface area contributed by atoms with Gasteiger partial charge in [0.05, 0.1) is 6.61 Å². The lowest BCUT2D eigenvalue weighted by atomic mass is 9.86. The maximum absolute atomic E-state index is 12.0. The maximum Gasteiger partial charge on any atom is 0.226 e. The number of aromatic nitrogens is 2.